The van der Waals surface area contributed by atoms with Crippen LogP contribution in [-0.4, -0.2) is 44.0 Å². The number of anilines is 4. The summed E-state index contributed by atoms with van der Waals surface area (Å²) in [6.07, 6.45) is 3.87. The van der Waals surface area contributed by atoms with Crippen molar-refractivity contribution in [1.82, 2.24) is 19.3 Å². The van der Waals surface area contributed by atoms with E-state index in [-0.39, 0.29) is 11.8 Å². The Morgan fingerprint density at radius 2 is 2.06 bits per heavy atom. The van der Waals surface area contributed by atoms with Gasteiger partial charge in [-0.3, -0.25) is 4.79 Å². The van der Waals surface area contributed by atoms with Crippen molar-refractivity contribution in [2.75, 3.05) is 28.6 Å². The van der Waals surface area contributed by atoms with E-state index < -0.39 is 5.67 Å². The Morgan fingerprint density at radius 3 is 2.72 bits per heavy atom. The number of aromatic nitrogens is 4. The summed E-state index contributed by atoms with van der Waals surface area (Å²) < 4.78 is 18.9. The summed E-state index contributed by atoms with van der Waals surface area (Å²) in [5.74, 6) is 1.44. The molecule has 3 aromatic rings. The second-order valence-electron chi connectivity index (χ2n) is 7.96. The van der Waals surface area contributed by atoms with E-state index in [1.807, 2.05) is 42.2 Å². The van der Waals surface area contributed by atoms with Gasteiger partial charge in [-0.25, -0.2) is 19.3 Å². The molecule has 1 saturated carbocycles. The van der Waals surface area contributed by atoms with Gasteiger partial charge in [0.2, 0.25) is 11.0 Å². The second kappa shape index (κ2) is 8.62. The van der Waals surface area contributed by atoms with Crippen LogP contribution in [0.3, 0.4) is 0 Å². The molecule has 1 aliphatic heterocycles. The van der Waals surface area contributed by atoms with E-state index in [2.05, 4.69) is 30.0 Å². The first-order valence-corrected chi connectivity index (χ1v) is 12.0. The quantitative estimate of drug-likeness (QED) is 0.463. The Balaban J connectivity index is 1.35. The number of carbonyl (C=O) groups excluding carboxylic acids is 1. The first kappa shape index (κ1) is 21.1. The van der Waals surface area contributed by atoms with Crippen LogP contribution in [0.1, 0.15) is 26.2 Å². The van der Waals surface area contributed by atoms with E-state index in [0.717, 1.165) is 23.4 Å². The SMILES string of the molecule is CCC(=O)Nc1ccc(Sc2nc(Nc3ncns3)cc(N3CC(F)(C4CC4)C3)n2)cc1. The van der Waals surface area contributed by atoms with Crippen LogP contribution in [0, 0.1) is 5.92 Å². The number of halogens is 1. The monoisotopic (exact) mass is 471 g/mol. The van der Waals surface area contributed by atoms with Gasteiger partial charge in [0.05, 0.1) is 13.1 Å². The first-order chi connectivity index (χ1) is 15.5. The number of hydrogen-bond donors (Lipinski definition) is 2. The third-order valence-corrected chi connectivity index (χ3v) is 6.95. The zero-order chi connectivity index (χ0) is 22.1. The minimum absolute atomic E-state index is 0.0292. The normalized spacial score (nSPS) is 17.0. The lowest BCUT2D eigenvalue weighted by Gasteiger charge is -2.45. The first-order valence-electron chi connectivity index (χ1n) is 10.5. The van der Waals surface area contributed by atoms with Gasteiger partial charge < -0.3 is 15.5 Å². The van der Waals surface area contributed by atoms with E-state index in [0.29, 0.717) is 41.4 Å². The Kier molecular flexibility index (Phi) is 5.68. The van der Waals surface area contributed by atoms with Crippen LogP contribution < -0.4 is 15.5 Å². The molecule has 5 rings (SSSR count). The molecule has 1 saturated heterocycles. The molecule has 2 aliphatic rings. The fourth-order valence-corrected chi connectivity index (χ4v) is 4.80. The number of nitrogens with zero attached hydrogens (tertiary/aromatic N) is 5. The maximum atomic E-state index is 14.9. The van der Waals surface area contributed by atoms with Crippen LogP contribution in [0.15, 0.2) is 46.7 Å². The third kappa shape index (κ3) is 4.68. The molecule has 0 atom stereocenters. The van der Waals surface area contributed by atoms with Crippen molar-refractivity contribution >= 4 is 51.7 Å². The van der Waals surface area contributed by atoms with Crippen molar-refractivity contribution < 1.29 is 9.18 Å². The predicted molar refractivity (Wildman–Crippen MR) is 123 cm³/mol. The standard InChI is InChI=1S/C21H22FN7OS2/c1-2-18(30)25-14-5-7-15(8-6-14)31-20-27-16(26-19-23-12-24-32-19)9-17(28-20)29-10-21(22,11-29)13-3-4-13/h5-9,12-13H,2-4,10-11H2,1H3,(H,25,30)(H,23,24,26,27,28). The van der Waals surface area contributed by atoms with Gasteiger partial charge in [0.15, 0.2) is 5.16 Å². The number of amides is 1. The number of benzene rings is 1. The van der Waals surface area contributed by atoms with E-state index in [1.165, 1.54) is 29.6 Å². The summed E-state index contributed by atoms with van der Waals surface area (Å²) in [6.45, 7) is 2.54. The lowest BCUT2D eigenvalue weighted by molar-refractivity contribution is -0.115. The second-order valence-corrected chi connectivity index (χ2v) is 9.78. The Labute approximate surface area is 193 Å². The summed E-state index contributed by atoms with van der Waals surface area (Å²) >= 11 is 2.64. The minimum Gasteiger partial charge on any atom is -0.350 e. The third-order valence-electron chi connectivity index (χ3n) is 5.50. The molecular weight excluding hydrogens is 449 g/mol. The molecular formula is C21H22FN7OS2. The highest BCUT2D eigenvalue weighted by molar-refractivity contribution is 7.99. The van der Waals surface area contributed by atoms with Gasteiger partial charge in [-0.1, -0.05) is 6.92 Å². The average molecular weight is 472 g/mol. The minimum atomic E-state index is -1.09. The van der Waals surface area contributed by atoms with E-state index in [4.69, 9.17) is 0 Å². The molecule has 0 radical (unpaired) electrons. The largest absolute Gasteiger partial charge is 0.350 e. The molecule has 1 amide bonds. The van der Waals surface area contributed by atoms with Crippen LogP contribution >= 0.6 is 23.3 Å². The van der Waals surface area contributed by atoms with Gasteiger partial charge in [-0.05, 0) is 54.8 Å². The lowest BCUT2D eigenvalue weighted by Crippen LogP contribution is -2.60. The molecule has 0 unspecified atom stereocenters. The van der Waals surface area contributed by atoms with Gasteiger partial charge in [-0.2, -0.15) is 4.37 Å². The number of nitrogens with one attached hydrogen (secondary N) is 2. The maximum absolute atomic E-state index is 14.9. The highest BCUT2D eigenvalue weighted by Crippen LogP contribution is 2.48. The van der Waals surface area contributed by atoms with Gasteiger partial charge in [0, 0.05) is 34.6 Å². The van der Waals surface area contributed by atoms with Crippen LogP contribution in [0.4, 0.5) is 26.8 Å². The van der Waals surface area contributed by atoms with Gasteiger partial charge >= 0.3 is 0 Å². The number of hydrogen-bond acceptors (Lipinski definition) is 9. The van der Waals surface area contributed by atoms with E-state index >= 15 is 0 Å². The average Bonchev–Trinajstić information content (AvgIpc) is 3.50. The molecule has 1 aliphatic carbocycles. The number of alkyl halides is 1. The predicted octanol–water partition coefficient (Wildman–Crippen LogP) is 4.51. The summed E-state index contributed by atoms with van der Waals surface area (Å²) in [6, 6.07) is 9.34. The lowest BCUT2D eigenvalue weighted by atomic mass is 9.91. The van der Waals surface area contributed by atoms with Crippen LogP contribution in [0.5, 0.6) is 0 Å². The van der Waals surface area contributed by atoms with Crippen LogP contribution in [0.2, 0.25) is 0 Å². The Bertz CT molecular complexity index is 1100. The van der Waals surface area contributed by atoms with Crippen LogP contribution in [-0.2, 0) is 4.79 Å². The summed E-state index contributed by atoms with van der Waals surface area (Å²) in [7, 11) is 0. The molecule has 166 valence electrons. The molecule has 32 heavy (non-hydrogen) atoms. The molecule has 0 bridgehead atoms. The van der Waals surface area contributed by atoms with Crippen molar-refractivity contribution in [3.05, 3.63) is 36.7 Å². The Morgan fingerprint density at radius 1 is 1.28 bits per heavy atom. The van der Waals surface area contributed by atoms with Gasteiger partial charge in [-0.15, -0.1) is 0 Å². The van der Waals surface area contributed by atoms with Crippen molar-refractivity contribution in [3.8, 4) is 0 Å². The molecule has 1 aromatic carbocycles. The Hall–Kier alpha value is -2.79. The zero-order valence-corrected chi connectivity index (χ0v) is 19.0. The maximum Gasteiger partial charge on any atom is 0.224 e. The summed E-state index contributed by atoms with van der Waals surface area (Å²) in [5, 5.41) is 7.17. The number of rotatable bonds is 8. The molecule has 3 heterocycles. The highest BCUT2D eigenvalue weighted by Gasteiger charge is 2.54. The highest BCUT2D eigenvalue weighted by atomic mass is 32.2. The van der Waals surface area contributed by atoms with Gasteiger partial charge in [0.1, 0.15) is 23.6 Å². The van der Waals surface area contributed by atoms with Crippen molar-refractivity contribution in [3.63, 3.8) is 0 Å². The molecule has 2 N–H and O–H groups in total. The van der Waals surface area contributed by atoms with Crippen molar-refractivity contribution in [2.24, 2.45) is 5.92 Å². The molecule has 0 spiro atoms. The topological polar surface area (TPSA) is 95.9 Å². The smallest absolute Gasteiger partial charge is 0.224 e. The zero-order valence-electron chi connectivity index (χ0n) is 17.4. The molecule has 2 aromatic heterocycles. The summed E-state index contributed by atoms with van der Waals surface area (Å²) in [4.78, 5) is 27.9. The van der Waals surface area contributed by atoms with Crippen LogP contribution in [0.25, 0.3) is 0 Å². The molecule has 8 nitrogen and oxygen atoms in total. The van der Waals surface area contributed by atoms with Crippen molar-refractivity contribution in [1.29, 1.82) is 0 Å². The number of carbonyl (C=O) groups is 1. The van der Waals surface area contributed by atoms with Crippen molar-refractivity contribution in [2.45, 2.75) is 41.9 Å². The van der Waals surface area contributed by atoms with E-state index in [9.17, 15) is 9.18 Å². The summed E-state index contributed by atoms with van der Waals surface area (Å²) in [5.41, 5.74) is -0.349. The van der Waals surface area contributed by atoms with Gasteiger partial charge in [0.25, 0.3) is 0 Å². The molecule has 2 fully saturated rings. The fourth-order valence-electron chi connectivity index (χ4n) is 3.59. The van der Waals surface area contributed by atoms with E-state index in [1.54, 1.807) is 0 Å². The fraction of sp³-hybridized carbons (Fsp3) is 0.381. The molecule has 11 heteroatoms.